The van der Waals surface area contributed by atoms with Gasteiger partial charge in [0.05, 0.1) is 13.2 Å². The van der Waals surface area contributed by atoms with Crippen molar-refractivity contribution in [2.45, 2.75) is 40.2 Å². The number of carbonyl (C=O) groups excluding carboxylic acids is 1. The number of benzene rings is 2. The van der Waals surface area contributed by atoms with Crippen molar-refractivity contribution in [2.24, 2.45) is 5.92 Å². The molecular weight excluding hydrogens is 440 g/mol. The fourth-order valence-corrected chi connectivity index (χ4v) is 4.34. The molecule has 0 atom stereocenters. The number of aryl methyl sites for hydroxylation is 1. The second-order valence-corrected chi connectivity index (χ2v) is 8.77. The number of hydrogen-bond donors (Lipinski definition) is 1. The molecule has 1 aliphatic heterocycles. The van der Waals surface area contributed by atoms with E-state index < -0.39 is 0 Å². The molecule has 4 rings (SSSR count). The molecule has 0 saturated carbocycles. The number of ether oxygens (including phenoxy) is 2. The van der Waals surface area contributed by atoms with E-state index in [2.05, 4.69) is 45.3 Å². The maximum absolute atomic E-state index is 12.8. The molecule has 0 radical (unpaired) electrons. The number of nitrogens with zero attached hydrogens (tertiary/aromatic N) is 3. The van der Waals surface area contributed by atoms with Gasteiger partial charge in [-0.3, -0.25) is 4.79 Å². The Balaban J connectivity index is 1.28. The smallest absolute Gasteiger partial charge is 0.225 e. The van der Waals surface area contributed by atoms with E-state index in [0.29, 0.717) is 25.5 Å². The number of amides is 1. The van der Waals surface area contributed by atoms with E-state index in [4.69, 9.17) is 9.47 Å². The van der Waals surface area contributed by atoms with Crippen molar-refractivity contribution in [3.8, 4) is 22.6 Å². The van der Waals surface area contributed by atoms with Crippen LogP contribution in [0.4, 0.5) is 5.95 Å². The highest BCUT2D eigenvalue weighted by atomic mass is 16.5. The van der Waals surface area contributed by atoms with E-state index in [-0.39, 0.29) is 11.8 Å². The van der Waals surface area contributed by atoms with Gasteiger partial charge in [-0.25, -0.2) is 9.97 Å². The second-order valence-electron chi connectivity index (χ2n) is 8.77. The van der Waals surface area contributed by atoms with Crippen LogP contribution in [-0.2, 0) is 11.3 Å². The quantitative estimate of drug-likeness (QED) is 0.481. The van der Waals surface area contributed by atoms with Gasteiger partial charge in [-0.2, -0.15) is 0 Å². The Hall–Kier alpha value is -3.61. The molecule has 1 aromatic heterocycles. The van der Waals surface area contributed by atoms with Crippen molar-refractivity contribution in [1.29, 1.82) is 0 Å². The lowest BCUT2D eigenvalue weighted by Gasteiger charge is -2.31. The van der Waals surface area contributed by atoms with Crippen LogP contribution in [0, 0.1) is 12.8 Å². The van der Waals surface area contributed by atoms with E-state index in [1.54, 1.807) is 0 Å². The van der Waals surface area contributed by atoms with Crippen molar-refractivity contribution < 1.29 is 14.3 Å². The Morgan fingerprint density at radius 3 is 2.37 bits per heavy atom. The minimum atomic E-state index is -0.00752. The SMILES string of the molecule is CCOc1ccc(CNC(=O)C2CCN(c3ncc(-c4cccc(C)c4)cn3)CC2)cc1OCC. The number of rotatable bonds is 9. The van der Waals surface area contributed by atoms with Crippen molar-refractivity contribution in [3.63, 3.8) is 0 Å². The fraction of sp³-hybridized carbons (Fsp3) is 0.393. The van der Waals surface area contributed by atoms with Gasteiger partial charge in [0, 0.05) is 43.5 Å². The van der Waals surface area contributed by atoms with Gasteiger partial charge >= 0.3 is 0 Å². The molecule has 35 heavy (non-hydrogen) atoms. The van der Waals surface area contributed by atoms with E-state index in [0.717, 1.165) is 54.3 Å². The summed E-state index contributed by atoms with van der Waals surface area (Å²) in [7, 11) is 0. The summed E-state index contributed by atoms with van der Waals surface area (Å²) in [6, 6.07) is 14.1. The zero-order valence-corrected chi connectivity index (χ0v) is 20.8. The van der Waals surface area contributed by atoms with Gasteiger partial charge in [0.2, 0.25) is 11.9 Å². The molecule has 0 unspecified atom stereocenters. The minimum absolute atomic E-state index is 0.00752. The van der Waals surface area contributed by atoms with Crippen molar-refractivity contribution in [2.75, 3.05) is 31.2 Å². The van der Waals surface area contributed by atoms with Gasteiger partial charge in [0.25, 0.3) is 0 Å². The topological polar surface area (TPSA) is 76.6 Å². The van der Waals surface area contributed by atoms with E-state index in [1.807, 2.05) is 50.5 Å². The predicted octanol–water partition coefficient (Wildman–Crippen LogP) is 4.78. The summed E-state index contributed by atoms with van der Waals surface area (Å²) < 4.78 is 11.3. The first kappa shape index (κ1) is 24.5. The van der Waals surface area contributed by atoms with Crippen LogP contribution in [0.1, 0.15) is 37.8 Å². The molecule has 1 fully saturated rings. The largest absolute Gasteiger partial charge is 0.490 e. The monoisotopic (exact) mass is 474 g/mol. The Kier molecular flexibility index (Phi) is 8.19. The highest BCUT2D eigenvalue weighted by Crippen LogP contribution is 2.29. The molecule has 184 valence electrons. The molecule has 2 heterocycles. The Labute approximate surface area is 207 Å². The third-order valence-corrected chi connectivity index (χ3v) is 6.21. The van der Waals surface area contributed by atoms with Crippen LogP contribution in [-0.4, -0.2) is 42.2 Å². The van der Waals surface area contributed by atoms with E-state index >= 15 is 0 Å². The molecule has 1 aliphatic rings. The van der Waals surface area contributed by atoms with Gasteiger partial charge in [0.15, 0.2) is 11.5 Å². The van der Waals surface area contributed by atoms with Crippen molar-refractivity contribution in [1.82, 2.24) is 15.3 Å². The second kappa shape index (κ2) is 11.7. The number of carbonyl (C=O) groups is 1. The number of piperidine rings is 1. The van der Waals surface area contributed by atoms with E-state index in [9.17, 15) is 4.79 Å². The number of nitrogens with one attached hydrogen (secondary N) is 1. The first-order valence-corrected chi connectivity index (χ1v) is 12.4. The predicted molar refractivity (Wildman–Crippen MR) is 138 cm³/mol. The normalized spacial score (nSPS) is 14.0. The molecule has 7 heteroatoms. The zero-order valence-electron chi connectivity index (χ0n) is 20.8. The Morgan fingerprint density at radius 1 is 0.971 bits per heavy atom. The summed E-state index contributed by atoms with van der Waals surface area (Å²) in [5, 5.41) is 3.09. The third kappa shape index (κ3) is 6.29. The summed E-state index contributed by atoms with van der Waals surface area (Å²) >= 11 is 0. The first-order valence-electron chi connectivity index (χ1n) is 12.4. The lowest BCUT2D eigenvalue weighted by atomic mass is 9.96. The molecule has 0 bridgehead atoms. The highest BCUT2D eigenvalue weighted by Gasteiger charge is 2.26. The van der Waals surface area contributed by atoms with Gasteiger partial charge in [-0.05, 0) is 56.9 Å². The van der Waals surface area contributed by atoms with Crippen molar-refractivity contribution in [3.05, 3.63) is 66.0 Å². The van der Waals surface area contributed by atoms with Gasteiger partial charge in [0.1, 0.15) is 0 Å². The fourth-order valence-electron chi connectivity index (χ4n) is 4.34. The Morgan fingerprint density at radius 2 is 1.69 bits per heavy atom. The molecule has 3 aromatic rings. The molecule has 2 aromatic carbocycles. The lowest BCUT2D eigenvalue weighted by Crippen LogP contribution is -2.41. The van der Waals surface area contributed by atoms with Crippen LogP contribution < -0.4 is 19.7 Å². The first-order chi connectivity index (χ1) is 17.1. The molecule has 0 aliphatic carbocycles. The summed E-state index contributed by atoms with van der Waals surface area (Å²) in [4.78, 5) is 24.1. The molecule has 0 spiro atoms. The van der Waals surface area contributed by atoms with Crippen molar-refractivity contribution >= 4 is 11.9 Å². The standard InChI is InChI=1S/C28H34N4O3/c1-4-34-25-10-9-21(16-26(25)35-5-2)17-29-27(33)22-11-13-32(14-12-22)28-30-18-24(19-31-28)23-8-6-7-20(3)15-23/h6-10,15-16,18-19,22H,4-5,11-14,17H2,1-3H3,(H,29,33). The maximum atomic E-state index is 12.8. The third-order valence-electron chi connectivity index (χ3n) is 6.21. The number of aromatic nitrogens is 2. The molecule has 1 saturated heterocycles. The summed E-state index contributed by atoms with van der Waals surface area (Å²) in [5.74, 6) is 2.24. The van der Waals surface area contributed by atoms with Gasteiger partial charge in [-0.1, -0.05) is 35.9 Å². The summed E-state index contributed by atoms with van der Waals surface area (Å²) in [6.45, 7) is 9.11. The summed E-state index contributed by atoms with van der Waals surface area (Å²) in [6.07, 6.45) is 5.32. The minimum Gasteiger partial charge on any atom is -0.490 e. The van der Waals surface area contributed by atoms with Crippen LogP contribution in [0.25, 0.3) is 11.1 Å². The molecular formula is C28H34N4O3. The van der Waals surface area contributed by atoms with Crippen LogP contribution in [0.2, 0.25) is 0 Å². The van der Waals surface area contributed by atoms with Crippen LogP contribution in [0.3, 0.4) is 0 Å². The lowest BCUT2D eigenvalue weighted by molar-refractivity contribution is -0.125. The Bertz CT molecular complexity index is 1130. The number of anilines is 1. The number of hydrogen-bond acceptors (Lipinski definition) is 6. The molecule has 1 N–H and O–H groups in total. The van der Waals surface area contributed by atoms with E-state index in [1.165, 1.54) is 5.56 Å². The molecule has 1 amide bonds. The molecule has 7 nitrogen and oxygen atoms in total. The van der Waals surface area contributed by atoms with Crippen LogP contribution in [0.15, 0.2) is 54.9 Å². The average molecular weight is 475 g/mol. The average Bonchev–Trinajstić information content (AvgIpc) is 2.89. The maximum Gasteiger partial charge on any atom is 0.225 e. The van der Waals surface area contributed by atoms with Gasteiger partial charge in [-0.15, -0.1) is 0 Å². The summed E-state index contributed by atoms with van der Waals surface area (Å²) in [5.41, 5.74) is 4.33. The van der Waals surface area contributed by atoms with Crippen LogP contribution >= 0.6 is 0 Å². The van der Waals surface area contributed by atoms with Gasteiger partial charge < -0.3 is 19.7 Å². The van der Waals surface area contributed by atoms with Crippen LogP contribution in [0.5, 0.6) is 11.5 Å². The highest BCUT2D eigenvalue weighted by molar-refractivity contribution is 5.79. The zero-order chi connectivity index (χ0) is 24.6.